The first kappa shape index (κ1) is 26.6. The molecule has 2 atom stereocenters. The molecule has 1 saturated heterocycles. The zero-order valence-corrected chi connectivity index (χ0v) is 23.6. The minimum Gasteiger partial charge on any atom is -0.383 e. The van der Waals surface area contributed by atoms with Crippen LogP contribution < -0.4 is 10.6 Å². The van der Waals surface area contributed by atoms with Crippen LogP contribution in [0.2, 0.25) is 5.02 Å². The smallest absolute Gasteiger partial charge is 0.202 e. The van der Waals surface area contributed by atoms with E-state index in [0.717, 1.165) is 60.9 Å². The fourth-order valence-electron chi connectivity index (χ4n) is 6.46. The van der Waals surface area contributed by atoms with Gasteiger partial charge in [-0.2, -0.15) is 0 Å². The molecule has 4 aromatic rings. The highest BCUT2D eigenvalue weighted by molar-refractivity contribution is 6.31. The number of nitrogens with zero attached hydrogens (tertiary/aromatic N) is 1. The molecule has 3 aliphatic rings. The first-order valence-electron chi connectivity index (χ1n) is 14.5. The van der Waals surface area contributed by atoms with Gasteiger partial charge in [-0.05, 0) is 59.9 Å². The SMILES string of the molecule is Clc1ccc2c(NCCNC3CCC4(CC3)OOC3(c5ccccc5)CC(c5ccccc5)=CC3O4)ccnc2c1. The third-order valence-corrected chi connectivity index (χ3v) is 8.92. The summed E-state index contributed by atoms with van der Waals surface area (Å²) in [5, 5.41) is 9.03. The van der Waals surface area contributed by atoms with E-state index in [1.165, 1.54) is 11.1 Å². The molecule has 1 saturated carbocycles. The second-order valence-corrected chi connectivity index (χ2v) is 11.7. The Labute approximate surface area is 245 Å². The van der Waals surface area contributed by atoms with Gasteiger partial charge >= 0.3 is 0 Å². The largest absolute Gasteiger partial charge is 0.383 e. The third kappa shape index (κ3) is 5.27. The molecule has 1 aliphatic heterocycles. The maximum absolute atomic E-state index is 6.85. The average Bonchev–Trinajstić information content (AvgIpc) is 3.41. The molecule has 2 N–H and O–H groups in total. The van der Waals surface area contributed by atoms with Gasteiger partial charge in [-0.25, -0.2) is 9.78 Å². The highest BCUT2D eigenvalue weighted by Crippen LogP contribution is 2.53. The average molecular weight is 568 g/mol. The lowest BCUT2D eigenvalue weighted by Gasteiger charge is -2.49. The van der Waals surface area contributed by atoms with Crippen molar-refractivity contribution >= 4 is 33.8 Å². The van der Waals surface area contributed by atoms with E-state index in [1.54, 1.807) is 0 Å². The topological polar surface area (TPSA) is 64.6 Å². The summed E-state index contributed by atoms with van der Waals surface area (Å²) in [5.41, 5.74) is 4.79. The Kier molecular flexibility index (Phi) is 7.27. The summed E-state index contributed by atoms with van der Waals surface area (Å²) < 4.78 is 6.85. The Bertz CT molecular complexity index is 1540. The molecule has 2 fully saturated rings. The Morgan fingerprint density at radius 1 is 0.878 bits per heavy atom. The van der Waals surface area contributed by atoms with Gasteiger partial charge in [0, 0.05) is 60.7 Å². The Balaban J connectivity index is 0.977. The maximum Gasteiger partial charge on any atom is 0.202 e. The fourth-order valence-corrected chi connectivity index (χ4v) is 6.63. The Morgan fingerprint density at radius 3 is 2.46 bits per heavy atom. The molecule has 2 aliphatic carbocycles. The van der Waals surface area contributed by atoms with Crippen molar-refractivity contribution in [1.29, 1.82) is 0 Å². The van der Waals surface area contributed by atoms with Crippen molar-refractivity contribution in [2.75, 3.05) is 18.4 Å². The number of ether oxygens (including phenoxy) is 1. The van der Waals surface area contributed by atoms with Crippen molar-refractivity contribution in [1.82, 2.24) is 10.3 Å². The van der Waals surface area contributed by atoms with Gasteiger partial charge in [-0.15, -0.1) is 0 Å². The van der Waals surface area contributed by atoms with Crippen LogP contribution in [-0.4, -0.2) is 36.0 Å². The monoisotopic (exact) mass is 567 g/mol. The predicted octanol–water partition coefficient (Wildman–Crippen LogP) is 7.26. The highest BCUT2D eigenvalue weighted by Gasteiger charge is 2.57. The molecule has 41 heavy (non-hydrogen) atoms. The molecule has 0 bridgehead atoms. The minimum absolute atomic E-state index is 0.215. The van der Waals surface area contributed by atoms with E-state index in [-0.39, 0.29) is 6.10 Å². The van der Waals surface area contributed by atoms with Crippen LogP contribution in [0.4, 0.5) is 5.69 Å². The van der Waals surface area contributed by atoms with Gasteiger partial charge < -0.3 is 15.4 Å². The molecule has 7 rings (SSSR count). The number of aromatic nitrogens is 1. The molecule has 1 spiro atoms. The molecule has 210 valence electrons. The highest BCUT2D eigenvalue weighted by atomic mass is 35.5. The molecule has 1 aromatic heterocycles. The van der Waals surface area contributed by atoms with Gasteiger partial charge in [0.15, 0.2) is 5.60 Å². The number of anilines is 1. The van der Waals surface area contributed by atoms with Crippen molar-refractivity contribution in [3.05, 3.63) is 113 Å². The van der Waals surface area contributed by atoms with Crippen molar-refractivity contribution in [3.63, 3.8) is 0 Å². The van der Waals surface area contributed by atoms with Crippen LogP contribution in [0.15, 0.2) is 97.2 Å². The van der Waals surface area contributed by atoms with E-state index in [9.17, 15) is 0 Å². The summed E-state index contributed by atoms with van der Waals surface area (Å²) in [7, 11) is 0. The number of pyridine rings is 1. The van der Waals surface area contributed by atoms with Crippen molar-refractivity contribution in [3.8, 4) is 0 Å². The number of halogens is 1. The van der Waals surface area contributed by atoms with Gasteiger partial charge in [0.1, 0.15) is 6.10 Å². The van der Waals surface area contributed by atoms with Crippen LogP contribution in [0.3, 0.4) is 0 Å². The molecule has 0 radical (unpaired) electrons. The van der Waals surface area contributed by atoms with Gasteiger partial charge in [-0.3, -0.25) is 4.98 Å². The fraction of sp³-hybridized carbons (Fsp3) is 0.324. The zero-order valence-electron chi connectivity index (χ0n) is 22.9. The Morgan fingerprint density at radius 2 is 1.66 bits per heavy atom. The molecule has 2 heterocycles. The number of fused-ring (bicyclic) bond motifs is 2. The first-order chi connectivity index (χ1) is 20.1. The van der Waals surface area contributed by atoms with Crippen LogP contribution in [0.1, 0.15) is 43.2 Å². The molecule has 7 heteroatoms. The van der Waals surface area contributed by atoms with Crippen LogP contribution >= 0.6 is 11.6 Å². The lowest BCUT2D eigenvalue weighted by molar-refractivity contribution is -0.531. The predicted molar refractivity (Wildman–Crippen MR) is 162 cm³/mol. The van der Waals surface area contributed by atoms with Crippen molar-refractivity contribution in [2.45, 2.75) is 55.6 Å². The second kappa shape index (κ2) is 11.2. The molecule has 6 nitrogen and oxygen atoms in total. The third-order valence-electron chi connectivity index (χ3n) is 8.68. The van der Waals surface area contributed by atoms with Crippen LogP contribution in [0.5, 0.6) is 0 Å². The standard InChI is InChI=1S/C34H34ClN3O3/c35-27-11-12-29-30(15-18-37-31(29)22-27)38-20-19-36-28-13-16-33(17-14-28)39-32-21-25(24-7-3-1-4-8-24)23-34(32,41-40-33)26-9-5-2-6-10-26/h1-12,15,18,21-22,28,32,36H,13-14,16-17,19-20,23H2,(H,37,38). The van der Waals surface area contributed by atoms with Crippen LogP contribution in [-0.2, 0) is 20.1 Å². The van der Waals surface area contributed by atoms with E-state index >= 15 is 0 Å². The summed E-state index contributed by atoms with van der Waals surface area (Å²) in [5.74, 6) is -0.723. The van der Waals surface area contributed by atoms with E-state index in [0.29, 0.717) is 17.5 Å². The van der Waals surface area contributed by atoms with Gasteiger partial charge in [0.25, 0.3) is 0 Å². The zero-order chi connectivity index (χ0) is 27.7. The van der Waals surface area contributed by atoms with Crippen molar-refractivity contribution < 1.29 is 14.5 Å². The summed E-state index contributed by atoms with van der Waals surface area (Å²) in [6.07, 6.45) is 8.04. The molecule has 3 aromatic carbocycles. The number of rotatable bonds is 7. The quantitative estimate of drug-likeness (QED) is 0.181. The summed E-state index contributed by atoms with van der Waals surface area (Å²) >= 11 is 6.13. The lowest BCUT2D eigenvalue weighted by Crippen LogP contribution is -2.56. The number of benzene rings is 3. The minimum atomic E-state index is -0.723. The number of hydrogen-bond acceptors (Lipinski definition) is 6. The molecule has 0 amide bonds. The molecular weight excluding hydrogens is 534 g/mol. The van der Waals surface area contributed by atoms with Gasteiger partial charge in [0.2, 0.25) is 5.79 Å². The number of nitrogens with one attached hydrogen (secondary N) is 2. The number of hydrogen-bond donors (Lipinski definition) is 2. The van der Waals surface area contributed by atoms with E-state index in [2.05, 4.69) is 58.1 Å². The second-order valence-electron chi connectivity index (χ2n) is 11.3. The molecular formula is C34H34ClN3O3. The van der Waals surface area contributed by atoms with Gasteiger partial charge in [-0.1, -0.05) is 72.3 Å². The lowest BCUT2D eigenvalue weighted by atomic mass is 9.85. The summed E-state index contributed by atoms with van der Waals surface area (Å²) in [6, 6.07) is 29.1. The van der Waals surface area contributed by atoms with Crippen LogP contribution in [0, 0.1) is 0 Å². The summed E-state index contributed by atoms with van der Waals surface area (Å²) in [6.45, 7) is 1.67. The van der Waals surface area contributed by atoms with Crippen LogP contribution in [0.25, 0.3) is 16.5 Å². The maximum atomic E-state index is 6.85. The Hall–Kier alpha value is -3.26. The molecule has 2 unspecified atom stereocenters. The van der Waals surface area contributed by atoms with E-state index in [4.69, 9.17) is 26.1 Å². The summed E-state index contributed by atoms with van der Waals surface area (Å²) in [4.78, 5) is 17.1. The van der Waals surface area contributed by atoms with Gasteiger partial charge in [0.05, 0.1) is 5.52 Å². The van der Waals surface area contributed by atoms with E-state index in [1.807, 2.05) is 54.7 Å². The van der Waals surface area contributed by atoms with E-state index < -0.39 is 11.4 Å². The first-order valence-corrected chi connectivity index (χ1v) is 14.9. The normalized spacial score (nSPS) is 27.5. The van der Waals surface area contributed by atoms with Crippen molar-refractivity contribution in [2.24, 2.45) is 0 Å².